The molecule has 0 saturated carbocycles. The minimum absolute atomic E-state index is 0.109. The molecular formula is C19H18N2O3. The summed E-state index contributed by atoms with van der Waals surface area (Å²) in [6, 6.07) is 5.90. The van der Waals surface area contributed by atoms with E-state index in [0.29, 0.717) is 16.8 Å². The third kappa shape index (κ3) is 2.01. The fourth-order valence-corrected chi connectivity index (χ4v) is 3.87. The van der Waals surface area contributed by atoms with Crippen LogP contribution in [0.3, 0.4) is 0 Å². The van der Waals surface area contributed by atoms with Crippen molar-refractivity contribution < 1.29 is 14.7 Å². The van der Waals surface area contributed by atoms with Crippen LogP contribution in [0.2, 0.25) is 0 Å². The van der Waals surface area contributed by atoms with E-state index >= 15 is 0 Å². The molecule has 5 heteroatoms. The molecule has 1 aromatic carbocycles. The highest BCUT2D eigenvalue weighted by Gasteiger charge is 2.32. The summed E-state index contributed by atoms with van der Waals surface area (Å²) >= 11 is 0. The van der Waals surface area contributed by atoms with Gasteiger partial charge >= 0.3 is 5.97 Å². The van der Waals surface area contributed by atoms with Gasteiger partial charge in [0.1, 0.15) is 0 Å². The average Bonchev–Trinajstić information content (AvgIpc) is 3.02. The number of fused-ring (bicyclic) bond motifs is 2. The van der Waals surface area contributed by atoms with Crippen molar-refractivity contribution >= 4 is 28.7 Å². The molecule has 0 saturated heterocycles. The first-order chi connectivity index (χ1) is 11.5. The smallest absolute Gasteiger partial charge is 0.337 e. The Hall–Kier alpha value is -2.82. The first-order valence-corrected chi connectivity index (χ1v) is 8.08. The highest BCUT2D eigenvalue weighted by molar-refractivity contribution is 6.37. The molecule has 2 aromatic rings. The number of nitrogens with one attached hydrogen (secondary N) is 2. The minimum Gasteiger partial charge on any atom is -0.478 e. The predicted molar refractivity (Wildman–Crippen MR) is 92.0 cm³/mol. The Bertz CT molecular complexity index is 934. The summed E-state index contributed by atoms with van der Waals surface area (Å²) in [6.45, 7) is 3.77. The van der Waals surface area contributed by atoms with Crippen molar-refractivity contribution in [3.05, 3.63) is 51.8 Å². The fraction of sp³-hybridized carbons (Fsp3) is 0.263. The van der Waals surface area contributed by atoms with Gasteiger partial charge in [0.05, 0.1) is 11.1 Å². The van der Waals surface area contributed by atoms with Gasteiger partial charge in [0.15, 0.2) is 0 Å². The van der Waals surface area contributed by atoms with Gasteiger partial charge in [0.25, 0.3) is 5.91 Å². The zero-order chi connectivity index (χ0) is 17.0. The van der Waals surface area contributed by atoms with Gasteiger partial charge in [-0.05, 0) is 56.4 Å². The number of benzene rings is 1. The van der Waals surface area contributed by atoms with Crippen LogP contribution in [0.1, 0.15) is 51.3 Å². The Balaban J connectivity index is 1.99. The zero-order valence-corrected chi connectivity index (χ0v) is 13.6. The molecule has 0 radical (unpaired) electrons. The maximum absolute atomic E-state index is 12.6. The Morgan fingerprint density at radius 2 is 2.00 bits per heavy atom. The van der Waals surface area contributed by atoms with Crippen molar-refractivity contribution in [1.82, 2.24) is 4.98 Å². The first-order valence-electron chi connectivity index (χ1n) is 8.08. The number of hydrogen-bond acceptors (Lipinski definition) is 2. The van der Waals surface area contributed by atoms with E-state index in [1.54, 1.807) is 6.92 Å². The minimum atomic E-state index is -0.914. The van der Waals surface area contributed by atoms with Gasteiger partial charge in [0, 0.05) is 22.6 Å². The van der Waals surface area contributed by atoms with Gasteiger partial charge in [0.2, 0.25) is 0 Å². The fourth-order valence-electron chi connectivity index (χ4n) is 3.87. The van der Waals surface area contributed by atoms with Crippen molar-refractivity contribution in [2.45, 2.75) is 33.1 Å². The highest BCUT2D eigenvalue weighted by atomic mass is 16.4. The summed E-state index contributed by atoms with van der Waals surface area (Å²) < 4.78 is 0. The van der Waals surface area contributed by atoms with Crippen LogP contribution in [0, 0.1) is 13.8 Å². The second-order valence-corrected chi connectivity index (χ2v) is 6.49. The predicted octanol–water partition coefficient (Wildman–Crippen LogP) is 3.53. The molecule has 1 aromatic heterocycles. The molecule has 1 aliphatic carbocycles. The Morgan fingerprint density at radius 1 is 1.21 bits per heavy atom. The molecule has 24 heavy (non-hydrogen) atoms. The lowest BCUT2D eigenvalue weighted by atomic mass is 9.86. The van der Waals surface area contributed by atoms with Crippen LogP contribution >= 0.6 is 0 Å². The first kappa shape index (κ1) is 14.8. The Labute approximate surface area is 139 Å². The zero-order valence-electron chi connectivity index (χ0n) is 13.6. The van der Waals surface area contributed by atoms with Gasteiger partial charge in [-0.1, -0.05) is 11.6 Å². The molecule has 0 spiro atoms. The number of anilines is 1. The molecule has 0 bridgehead atoms. The van der Waals surface area contributed by atoms with Crippen LogP contribution in [0.4, 0.5) is 5.69 Å². The number of H-pyrrole nitrogens is 1. The number of aromatic carboxylic acids is 1. The number of aromatic amines is 1. The van der Waals surface area contributed by atoms with Gasteiger partial charge in [-0.15, -0.1) is 0 Å². The van der Waals surface area contributed by atoms with Crippen LogP contribution in [-0.4, -0.2) is 22.0 Å². The van der Waals surface area contributed by atoms with E-state index in [2.05, 4.69) is 10.3 Å². The number of carboxylic acids is 1. The van der Waals surface area contributed by atoms with Gasteiger partial charge in [-0.3, -0.25) is 4.79 Å². The number of aromatic nitrogens is 1. The number of carboxylic acid groups (broad SMARTS) is 1. The van der Waals surface area contributed by atoms with Gasteiger partial charge < -0.3 is 15.4 Å². The molecule has 1 amide bonds. The van der Waals surface area contributed by atoms with E-state index in [9.17, 15) is 14.7 Å². The molecule has 0 fully saturated rings. The summed E-state index contributed by atoms with van der Waals surface area (Å²) in [5.74, 6) is -1.02. The summed E-state index contributed by atoms with van der Waals surface area (Å²) in [7, 11) is 0. The molecule has 122 valence electrons. The molecule has 0 unspecified atom stereocenters. The van der Waals surface area contributed by atoms with Crippen LogP contribution in [-0.2, 0) is 11.2 Å². The number of amides is 1. The Kier molecular flexibility index (Phi) is 3.13. The number of allylic oxidation sites excluding steroid dienone is 1. The van der Waals surface area contributed by atoms with Crippen molar-refractivity contribution in [3.63, 3.8) is 0 Å². The lowest BCUT2D eigenvalue weighted by Crippen LogP contribution is -2.10. The maximum Gasteiger partial charge on any atom is 0.337 e. The van der Waals surface area contributed by atoms with Crippen molar-refractivity contribution in [1.29, 1.82) is 0 Å². The normalized spacial score (nSPS) is 19.0. The van der Waals surface area contributed by atoms with E-state index in [1.807, 2.05) is 25.1 Å². The van der Waals surface area contributed by atoms with Crippen molar-refractivity contribution in [2.75, 3.05) is 5.32 Å². The van der Waals surface area contributed by atoms with Crippen LogP contribution < -0.4 is 5.32 Å². The Morgan fingerprint density at radius 3 is 2.75 bits per heavy atom. The van der Waals surface area contributed by atoms with E-state index in [4.69, 9.17) is 0 Å². The third-order valence-electron chi connectivity index (χ3n) is 4.88. The molecule has 2 heterocycles. The number of aryl methyl sites for hydroxylation is 2. The average molecular weight is 322 g/mol. The lowest BCUT2D eigenvalue weighted by molar-refractivity contribution is -0.110. The largest absolute Gasteiger partial charge is 0.478 e. The van der Waals surface area contributed by atoms with Crippen molar-refractivity contribution in [3.8, 4) is 0 Å². The highest BCUT2D eigenvalue weighted by Crippen LogP contribution is 2.43. The topological polar surface area (TPSA) is 82.2 Å². The summed E-state index contributed by atoms with van der Waals surface area (Å²) in [6.07, 6.45) is 2.33. The van der Waals surface area contributed by atoms with Crippen LogP contribution in [0.25, 0.3) is 11.1 Å². The summed E-state index contributed by atoms with van der Waals surface area (Å²) in [5.41, 5.74) is 7.06. The summed E-state index contributed by atoms with van der Waals surface area (Å²) in [4.78, 5) is 27.4. The second kappa shape index (κ2) is 5.09. The molecule has 3 N–H and O–H groups in total. The molecule has 0 atom stereocenters. The lowest BCUT2D eigenvalue weighted by Gasteiger charge is -2.18. The number of carbonyl (C=O) groups is 2. The molecule has 2 aliphatic rings. The maximum atomic E-state index is 12.6. The van der Waals surface area contributed by atoms with E-state index in [-0.39, 0.29) is 5.91 Å². The summed E-state index contributed by atoms with van der Waals surface area (Å²) in [5, 5.41) is 12.4. The number of carbonyl (C=O) groups excluding carboxylic acids is 1. The molecule has 1 aliphatic heterocycles. The molecule has 5 nitrogen and oxygen atoms in total. The van der Waals surface area contributed by atoms with Gasteiger partial charge in [-0.25, -0.2) is 4.79 Å². The quantitative estimate of drug-likeness (QED) is 0.702. The molecule has 4 rings (SSSR count). The standard InChI is InChI=1S/C19H18N2O3/c1-9-6-7-14-13(8-9)16(18(22)21-14)12-5-3-4-11-15(19(23)24)10(2)20-17(11)12/h6-8,20H,3-5H2,1-2H3,(H,21,22)(H,23,24). The van der Waals surface area contributed by atoms with Crippen molar-refractivity contribution in [2.24, 2.45) is 0 Å². The monoisotopic (exact) mass is 322 g/mol. The SMILES string of the molecule is Cc1ccc2c(c1)C(=C1CCCc3c1[nH]c(C)c3C(=O)O)C(=O)N2. The van der Waals surface area contributed by atoms with Gasteiger partial charge in [-0.2, -0.15) is 0 Å². The number of rotatable bonds is 1. The van der Waals surface area contributed by atoms with Crippen LogP contribution in [0.15, 0.2) is 18.2 Å². The number of hydrogen-bond donors (Lipinski definition) is 3. The van der Waals surface area contributed by atoms with E-state index < -0.39 is 5.97 Å². The van der Waals surface area contributed by atoms with E-state index in [0.717, 1.165) is 52.9 Å². The van der Waals surface area contributed by atoms with E-state index in [1.165, 1.54) is 0 Å². The molecular weight excluding hydrogens is 304 g/mol. The van der Waals surface area contributed by atoms with Crippen LogP contribution in [0.5, 0.6) is 0 Å². The second-order valence-electron chi connectivity index (χ2n) is 6.49. The third-order valence-corrected chi connectivity index (χ3v) is 4.88.